The molecule has 0 saturated carbocycles. The summed E-state index contributed by atoms with van der Waals surface area (Å²) in [5, 5.41) is 28.2. The summed E-state index contributed by atoms with van der Waals surface area (Å²) in [4.78, 5) is 21.0. The van der Waals surface area contributed by atoms with Gasteiger partial charge >= 0.3 is 12.1 Å². The topological polar surface area (TPSA) is 124 Å². The van der Waals surface area contributed by atoms with Crippen LogP contribution in [0.4, 0.5) is 24.5 Å². The molecule has 0 heterocycles. The van der Waals surface area contributed by atoms with Crippen molar-refractivity contribution in [1.29, 1.82) is 0 Å². The van der Waals surface area contributed by atoms with Crippen LogP contribution in [0.5, 0.6) is 0 Å². The highest BCUT2D eigenvalue weighted by molar-refractivity contribution is 6.31. The lowest BCUT2D eigenvalue weighted by Crippen LogP contribution is -2.16. The molecule has 0 saturated heterocycles. The summed E-state index contributed by atoms with van der Waals surface area (Å²) in [5.41, 5.74) is 1.97. The fourth-order valence-corrected chi connectivity index (χ4v) is 1.92. The molecule has 0 unspecified atom stereocenters. The number of benzene rings is 2. The van der Waals surface area contributed by atoms with Gasteiger partial charge in [0.15, 0.2) is 5.78 Å². The first-order chi connectivity index (χ1) is 14.9. The first-order valence-electron chi connectivity index (χ1n) is 8.36. The SMILES string of the molecule is CC(=O)/C=N\Nc1ccc(Cl)cc1.O=C(O)C(N=Nc1ccc(Cl)cc1)=C(O)C(F)(F)F. The van der Waals surface area contributed by atoms with E-state index >= 15 is 0 Å². The minimum atomic E-state index is -5.22. The predicted molar refractivity (Wildman–Crippen MR) is 114 cm³/mol. The van der Waals surface area contributed by atoms with Gasteiger partial charge in [-0.1, -0.05) is 23.2 Å². The Morgan fingerprint density at radius 2 is 1.47 bits per heavy atom. The van der Waals surface area contributed by atoms with E-state index in [1.54, 1.807) is 24.3 Å². The Bertz CT molecular complexity index is 1020. The number of aliphatic hydroxyl groups is 1. The highest BCUT2D eigenvalue weighted by Gasteiger charge is 2.39. The van der Waals surface area contributed by atoms with Crippen LogP contribution >= 0.6 is 23.2 Å². The van der Waals surface area contributed by atoms with E-state index in [0.29, 0.717) is 10.0 Å². The molecule has 2 aromatic rings. The maximum Gasteiger partial charge on any atom is 0.451 e. The number of hydrazone groups is 1. The minimum absolute atomic E-state index is 0.0816. The zero-order chi connectivity index (χ0) is 24.3. The first-order valence-corrected chi connectivity index (χ1v) is 9.12. The number of nitrogens with zero attached hydrogens (tertiary/aromatic N) is 3. The molecule has 0 spiro atoms. The Morgan fingerprint density at radius 1 is 0.969 bits per heavy atom. The van der Waals surface area contributed by atoms with Gasteiger partial charge in [0.1, 0.15) is 0 Å². The summed E-state index contributed by atoms with van der Waals surface area (Å²) in [6, 6.07) is 12.5. The van der Waals surface area contributed by atoms with Gasteiger partial charge in [0, 0.05) is 17.0 Å². The molecule has 32 heavy (non-hydrogen) atoms. The highest BCUT2D eigenvalue weighted by atomic mass is 35.5. The number of halogens is 5. The maximum absolute atomic E-state index is 12.1. The minimum Gasteiger partial charge on any atom is -0.502 e. The van der Waals surface area contributed by atoms with E-state index in [-0.39, 0.29) is 11.5 Å². The Hall–Kier alpha value is -3.44. The van der Waals surface area contributed by atoms with Gasteiger partial charge in [-0.3, -0.25) is 10.2 Å². The third-order valence-electron chi connectivity index (χ3n) is 3.07. The van der Waals surface area contributed by atoms with Crippen molar-refractivity contribution < 1.29 is 33.0 Å². The van der Waals surface area contributed by atoms with Crippen LogP contribution in [0.1, 0.15) is 6.92 Å². The van der Waals surface area contributed by atoms with E-state index in [4.69, 9.17) is 33.4 Å². The van der Waals surface area contributed by atoms with Crippen molar-refractivity contribution in [3.63, 3.8) is 0 Å². The summed E-state index contributed by atoms with van der Waals surface area (Å²) in [5.74, 6) is -4.47. The van der Waals surface area contributed by atoms with Gasteiger partial charge < -0.3 is 10.2 Å². The van der Waals surface area contributed by atoms with Crippen LogP contribution in [0.25, 0.3) is 0 Å². The first kappa shape index (κ1) is 26.6. The molecule has 2 rings (SSSR count). The highest BCUT2D eigenvalue weighted by Crippen LogP contribution is 2.27. The average molecular weight is 491 g/mol. The molecule has 0 aliphatic heterocycles. The molecule has 2 aromatic carbocycles. The summed E-state index contributed by atoms with van der Waals surface area (Å²) in [7, 11) is 0. The molecule has 0 aliphatic rings. The lowest BCUT2D eigenvalue weighted by Gasteiger charge is -2.05. The van der Waals surface area contributed by atoms with Crippen molar-refractivity contribution in [3.8, 4) is 0 Å². The zero-order valence-electron chi connectivity index (χ0n) is 16.1. The molecular weight excluding hydrogens is 476 g/mol. The number of ketones is 1. The van der Waals surface area contributed by atoms with Gasteiger partial charge in [-0.2, -0.15) is 23.4 Å². The smallest absolute Gasteiger partial charge is 0.451 e. The third-order valence-corrected chi connectivity index (χ3v) is 3.58. The maximum atomic E-state index is 12.1. The number of anilines is 1. The van der Waals surface area contributed by atoms with Gasteiger partial charge in [-0.05, 0) is 48.5 Å². The van der Waals surface area contributed by atoms with Gasteiger partial charge in [0.05, 0.1) is 17.6 Å². The molecule has 0 fully saturated rings. The van der Waals surface area contributed by atoms with Gasteiger partial charge in [-0.15, -0.1) is 5.11 Å². The fraction of sp³-hybridized carbons (Fsp3) is 0.105. The van der Waals surface area contributed by atoms with Gasteiger partial charge in [0.2, 0.25) is 11.5 Å². The summed E-state index contributed by atoms with van der Waals surface area (Å²) in [6.45, 7) is 1.44. The number of allylic oxidation sites excluding steroid dienone is 1. The number of carboxylic acids is 1. The van der Waals surface area contributed by atoms with Crippen LogP contribution in [0.3, 0.4) is 0 Å². The Balaban J connectivity index is 0.000000343. The van der Waals surface area contributed by atoms with Crippen LogP contribution in [-0.2, 0) is 9.59 Å². The molecular formula is C19H15Cl2F3N4O4. The number of carbonyl (C=O) groups excluding carboxylic acids is 1. The van der Waals surface area contributed by atoms with Crippen molar-refractivity contribution in [2.45, 2.75) is 13.1 Å². The van der Waals surface area contributed by atoms with Crippen molar-refractivity contribution in [2.75, 3.05) is 5.43 Å². The van der Waals surface area contributed by atoms with E-state index < -0.39 is 23.6 Å². The van der Waals surface area contributed by atoms with Crippen molar-refractivity contribution in [1.82, 2.24) is 0 Å². The van der Waals surface area contributed by atoms with Crippen molar-refractivity contribution in [3.05, 3.63) is 70.0 Å². The molecule has 170 valence electrons. The van der Waals surface area contributed by atoms with Crippen molar-refractivity contribution >= 4 is 52.5 Å². The number of aliphatic hydroxyl groups excluding tert-OH is 1. The number of Topliss-reactive ketones (excluding diaryl/α,β-unsaturated/α-hetero) is 1. The van der Waals surface area contributed by atoms with Crippen LogP contribution in [0.2, 0.25) is 10.0 Å². The third kappa shape index (κ3) is 10.0. The second kappa shape index (κ2) is 12.4. The lowest BCUT2D eigenvalue weighted by molar-refractivity contribution is -0.138. The molecule has 3 N–H and O–H groups in total. The largest absolute Gasteiger partial charge is 0.502 e. The molecule has 0 atom stereocenters. The summed E-state index contributed by atoms with van der Waals surface area (Å²) < 4.78 is 36.4. The number of nitrogens with one attached hydrogen (secondary N) is 1. The summed E-state index contributed by atoms with van der Waals surface area (Å²) >= 11 is 11.2. The second-order valence-electron chi connectivity index (χ2n) is 5.66. The van der Waals surface area contributed by atoms with E-state index in [1.165, 1.54) is 37.4 Å². The lowest BCUT2D eigenvalue weighted by atomic mass is 10.3. The van der Waals surface area contributed by atoms with Crippen LogP contribution in [0.15, 0.2) is 75.3 Å². The second-order valence-corrected chi connectivity index (χ2v) is 6.54. The number of hydrogen-bond donors (Lipinski definition) is 3. The average Bonchev–Trinajstić information content (AvgIpc) is 2.70. The molecule has 13 heteroatoms. The van der Waals surface area contributed by atoms with Crippen LogP contribution in [0, 0.1) is 0 Å². The molecule has 0 aromatic heterocycles. The number of azo groups is 1. The van der Waals surface area contributed by atoms with Gasteiger partial charge in [-0.25, -0.2) is 4.79 Å². The molecule has 0 bridgehead atoms. The quantitative estimate of drug-likeness (QED) is 0.147. The van der Waals surface area contributed by atoms with Crippen molar-refractivity contribution in [2.24, 2.45) is 15.3 Å². The molecule has 0 aliphatic carbocycles. The number of alkyl halides is 3. The molecule has 8 nitrogen and oxygen atoms in total. The fourth-order valence-electron chi connectivity index (χ4n) is 1.66. The monoisotopic (exact) mass is 490 g/mol. The molecule has 0 amide bonds. The number of hydrogen-bond acceptors (Lipinski definition) is 7. The molecule has 0 radical (unpaired) electrons. The van der Waals surface area contributed by atoms with Crippen LogP contribution < -0.4 is 5.43 Å². The van der Waals surface area contributed by atoms with Gasteiger partial charge in [0.25, 0.3) is 0 Å². The Morgan fingerprint density at radius 3 is 1.91 bits per heavy atom. The van der Waals surface area contributed by atoms with E-state index in [0.717, 1.165) is 5.69 Å². The predicted octanol–water partition coefficient (Wildman–Crippen LogP) is 6.17. The zero-order valence-corrected chi connectivity index (χ0v) is 17.7. The summed E-state index contributed by atoms with van der Waals surface area (Å²) in [6.07, 6.45) is -4.00. The normalized spacial score (nSPS) is 12.2. The number of rotatable bonds is 6. The Kier molecular flexibility index (Phi) is 10.3. The number of aliphatic carboxylic acids is 1. The van der Waals surface area contributed by atoms with E-state index in [2.05, 4.69) is 20.8 Å². The number of carboxylic acid groups (broad SMARTS) is 1. The van der Waals surface area contributed by atoms with E-state index in [9.17, 15) is 22.8 Å². The number of carbonyl (C=O) groups is 2. The standard InChI is InChI=1S/C10H6ClF3N2O3.C9H9ClN2O/c11-5-1-3-6(4-2-5)15-16-7(9(18)19)8(17)10(12,13)14;1-7(13)6-11-12-9-4-2-8(10)3-5-9/h1-4,17H,(H,18,19);2-6,12H,1H3/b;11-6-. The van der Waals surface area contributed by atoms with Crippen LogP contribution in [-0.4, -0.2) is 34.4 Å². The Labute approximate surface area is 189 Å². The van der Waals surface area contributed by atoms with E-state index in [1.807, 2.05) is 0 Å².